The minimum absolute atomic E-state index is 0.00657. The predicted molar refractivity (Wildman–Crippen MR) is 79.4 cm³/mol. The van der Waals surface area contributed by atoms with Gasteiger partial charge in [0.15, 0.2) is 0 Å². The van der Waals surface area contributed by atoms with Crippen molar-refractivity contribution in [2.45, 2.75) is 20.0 Å². The van der Waals surface area contributed by atoms with Gasteiger partial charge < -0.3 is 20.5 Å². The monoisotopic (exact) mass is 280 g/mol. The molecule has 0 bridgehead atoms. The van der Waals surface area contributed by atoms with Crippen molar-refractivity contribution >= 4 is 11.6 Å². The Morgan fingerprint density at radius 1 is 1.40 bits per heavy atom. The molecule has 1 aromatic carbocycles. The van der Waals surface area contributed by atoms with E-state index in [2.05, 4.69) is 5.32 Å². The molecule has 0 heterocycles. The Kier molecular flexibility index (Phi) is 7.87. The molecule has 0 spiro atoms. The number of ether oxygens (including phenoxy) is 2. The van der Waals surface area contributed by atoms with Crippen LogP contribution >= 0.6 is 0 Å². The molecule has 0 aromatic heterocycles. The van der Waals surface area contributed by atoms with E-state index in [0.717, 1.165) is 11.3 Å². The van der Waals surface area contributed by atoms with Crippen LogP contribution in [0.25, 0.3) is 0 Å². The van der Waals surface area contributed by atoms with E-state index in [-0.39, 0.29) is 11.8 Å². The minimum Gasteiger partial charge on any atom is -0.382 e. The number of anilines is 1. The number of hydrogen-bond acceptors (Lipinski definition) is 4. The molecule has 0 aliphatic carbocycles. The summed E-state index contributed by atoms with van der Waals surface area (Å²) in [6.07, 6.45) is 0.686. The Labute approximate surface area is 120 Å². The number of nitrogens with two attached hydrogens (primary N) is 1. The third kappa shape index (κ3) is 6.14. The van der Waals surface area contributed by atoms with Gasteiger partial charge in [-0.15, -0.1) is 0 Å². The molecule has 0 radical (unpaired) electrons. The van der Waals surface area contributed by atoms with E-state index in [4.69, 9.17) is 15.2 Å². The second-order valence-electron chi connectivity index (χ2n) is 4.71. The molecule has 1 amide bonds. The Morgan fingerprint density at radius 2 is 2.20 bits per heavy atom. The quantitative estimate of drug-likeness (QED) is 0.676. The first kappa shape index (κ1) is 16.6. The van der Waals surface area contributed by atoms with Crippen molar-refractivity contribution in [3.8, 4) is 0 Å². The summed E-state index contributed by atoms with van der Waals surface area (Å²) in [6, 6.07) is 7.65. The summed E-state index contributed by atoms with van der Waals surface area (Å²) < 4.78 is 10.4. The van der Waals surface area contributed by atoms with Gasteiger partial charge in [-0.3, -0.25) is 4.79 Å². The molecule has 3 N–H and O–H groups in total. The van der Waals surface area contributed by atoms with Gasteiger partial charge in [0.05, 0.1) is 19.8 Å². The molecule has 5 heteroatoms. The summed E-state index contributed by atoms with van der Waals surface area (Å²) in [4.78, 5) is 11.9. The first-order valence-electron chi connectivity index (χ1n) is 6.84. The smallest absolute Gasteiger partial charge is 0.227 e. The molecule has 112 valence electrons. The second kappa shape index (κ2) is 9.47. The normalized spacial score (nSPS) is 12.2. The fraction of sp³-hybridized carbons (Fsp3) is 0.533. The van der Waals surface area contributed by atoms with E-state index >= 15 is 0 Å². The maximum absolute atomic E-state index is 11.9. The van der Waals surface area contributed by atoms with E-state index in [0.29, 0.717) is 32.8 Å². The molecule has 1 atom stereocenters. The lowest BCUT2D eigenvalue weighted by molar-refractivity contribution is -0.119. The fourth-order valence-electron chi connectivity index (χ4n) is 1.72. The molecule has 0 aliphatic rings. The van der Waals surface area contributed by atoms with Crippen LogP contribution in [0.15, 0.2) is 24.3 Å². The Morgan fingerprint density at radius 3 is 2.90 bits per heavy atom. The van der Waals surface area contributed by atoms with Gasteiger partial charge in [0.1, 0.15) is 0 Å². The molecule has 1 rings (SSSR count). The zero-order valence-electron chi connectivity index (χ0n) is 12.2. The zero-order chi connectivity index (χ0) is 14.8. The van der Waals surface area contributed by atoms with Crippen LogP contribution in [0.1, 0.15) is 18.9 Å². The highest BCUT2D eigenvalue weighted by Crippen LogP contribution is 2.13. The number of nitrogens with one attached hydrogen (secondary N) is 1. The molecular weight excluding hydrogens is 256 g/mol. The van der Waals surface area contributed by atoms with Crippen LogP contribution in [0.5, 0.6) is 0 Å². The molecule has 0 aliphatic heterocycles. The molecule has 0 saturated carbocycles. The van der Waals surface area contributed by atoms with Gasteiger partial charge in [-0.2, -0.15) is 0 Å². The first-order valence-corrected chi connectivity index (χ1v) is 6.84. The highest BCUT2D eigenvalue weighted by molar-refractivity contribution is 5.92. The number of benzene rings is 1. The van der Waals surface area contributed by atoms with E-state index in [1.54, 1.807) is 7.11 Å². The number of carbonyl (C=O) groups excluding carboxylic acids is 1. The number of amides is 1. The molecule has 0 saturated heterocycles. The second-order valence-corrected chi connectivity index (χ2v) is 4.71. The van der Waals surface area contributed by atoms with Crippen LogP contribution in [-0.2, 0) is 20.9 Å². The average Bonchev–Trinajstić information content (AvgIpc) is 2.44. The topological polar surface area (TPSA) is 73.6 Å². The lowest BCUT2D eigenvalue weighted by atomic mass is 10.1. The Hall–Kier alpha value is -1.43. The lowest BCUT2D eigenvalue weighted by Crippen LogP contribution is -2.22. The molecule has 20 heavy (non-hydrogen) atoms. The third-order valence-electron chi connectivity index (χ3n) is 2.94. The standard InChI is InChI=1S/C15H24N2O3/c1-12(6-7-16)15(18)17-14-5-3-4-13(10-14)11-20-9-8-19-2/h3-5,10,12H,6-9,11,16H2,1-2H3,(H,17,18). The van der Waals surface area contributed by atoms with Gasteiger partial charge in [-0.25, -0.2) is 0 Å². The summed E-state index contributed by atoms with van der Waals surface area (Å²) in [5.41, 5.74) is 7.26. The summed E-state index contributed by atoms with van der Waals surface area (Å²) in [5.74, 6) is -0.0884. The maximum atomic E-state index is 11.9. The minimum atomic E-state index is -0.0818. The average molecular weight is 280 g/mol. The van der Waals surface area contributed by atoms with Gasteiger partial charge in [0, 0.05) is 18.7 Å². The molecule has 0 fully saturated rings. The fourth-order valence-corrected chi connectivity index (χ4v) is 1.72. The molecule has 5 nitrogen and oxygen atoms in total. The van der Waals surface area contributed by atoms with Crippen LogP contribution in [0.4, 0.5) is 5.69 Å². The number of methoxy groups -OCH3 is 1. The summed E-state index contributed by atoms with van der Waals surface area (Å²) >= 11 is 0. The number of carbonyl (C=O) groups is 1. The summed E-state index contributed by atoms with van der Waals surface area (Å²) in [7, 11) is 1.64. The zero-order valence-corrected chi connectivity index (χ0v) is 12.2. The third-order valence-corrected chi connectivity index (χ3v) is 2.94. The number of hydrogen-bond donors (Lipinski definition) is 2. The van der Waals surface area contributed by atoms with Crippen molar-refractivity contribution in [3.05, 3.63) is 29.8 Å². The van der Waals surface area contributed by atoms with Crippen molar-refractivity contribution < 1.29 is 14.3 Å². The van der Waals surface area contributed by atoms with Gasteiger partial charge in [-0.05, 0) is 30.7 Å². The van der Waals surface area contributed by atoms with Gasteiger partial charge in [0.2, 0.25) is 5.91 Å². The largest absolute Gasteiger partial charge is 0.382 e. The number of rotatable bonds is 9. The van der Waals surface area contributed by atoms with E-state index in [9.17, 15) is 4.79 Å². The van der Waals surface area contributed by atoms with Gasteiger partial charge >= 0.3 is 0 Å². The van der Waals surface area contributed by atoms with Crippen LogP contribution in [-0.4, -0.2) is 32.8 Å². The van der Waals surface area contributed by atoms with Crippen LogP contribution in [0.2, 0.25) is 0 Å². The SMILES string of the molecule is COCCOCc1cccc(NC(=O)C(C)CCN)c1. The first-order chi connectivity index (χ1) is 9.67. The summed E-state index contributed by atoms with van der Waals surface area (Å²) in [5, 5.41) is 2.89. The lowest BCUT2D eigenvalue weighted by Gasteiger charge is -2.12. The van der Waals surface area contributed by atoms with Gasteiger partial charge in [0.25, 0.3) is 0 Å². The van der Waals surface area contributed by atoms with E-state index in [1.807, 2.05) is 31.2 Å². The van der Waals surface area contributed by atoms with Crippen LogP contribution < -0.4 is 11.1 Å². The highest BCUT2D eigenvalue weighted by atomic mass is 16.5. The van der Waals surface area contributed by atoms with Gasteiger partial charge in [-0.1, -0.05) is 19.1 Å². The molecular formula is C15H24N2O3. The van der Waals surface area contributed by atoms with E-state index < -0.39 is 0 Å². The molecule has 1 unspecified atom stereocenters. The van der Waals surface area contributed by atoms with Crippen molar-refractivity contribution in [1.29, 1.82) is 0 Å². The highest BCUT2D eigenvalue weighted by Gasteiger charge is 2.11. The van der Waals surface area contributed by atoms with Crippen LogP contribution in [0, 0.1) is 5.92 Å². The Bertz CT molecular complexity index is 410. The molecule has 1 aromatic rings. The maximum Gasteiger partial charge on any atom is 0.227 e. The van der Waals surface area contributed by atoms with Crippen LogP contribution in [0.3, 0.4) is 0 Å². The van der Waals surface area contributed by atoms with Crippen molar-refractivity contribution in [2.24, 2.45) is 11.7 Å². The predicted octanol–water partition coefficient (Wildman–Crippen LogP) is 1.77. The summed E-state index contributed by atoms with van der Waals surface area (Å²) in [6.45, 7) is 4.03. The van der Waals surface area contributed by atoms with Crippen molar-refractivity contribution in [2.75, 3.05) is 32.2 Å². The Balaban J connectivity index is 2.48. The van der Waals surface area contributed by atoms with Crippen molar-refractivity contribution in [3.63, 3.8) is 0 Å². The van der Waals surface area contributed by atoms with E-state index in [1.165, 1.54) is 0 Å². The van der Waals surface area contributed by atoms with Crippen molar-refractivity contribution in [1.82, 2.24) is 0 Å².